The predicted molar refractivity (Wildman–Crippen MR) is 58.3 cm³/mol. The molecule has 0 fully saturated rings. The minimum absolute atomic E-state index is 0.137. The lowest BCUT2D eigenvalue weighted by atomic mass is 10.2. The molecule has 14 heavy (non-hydrogen) atoms. The molecule has 1 aromatic rings. The van der Waals surface area contributed by atoms with Crippen LogP contribution >= 0.6 is 11.8 Å². The van der Waals surface area contributed by atoms with E-state index in [0.29, 0.717) is 6.54 Å². The van der Waals surface area contributed by atoms with Crippen LogP contribution in [0.2, 0.25) is 0 Å². The summed E-state index contributed by atoms with van der Waals surface area (Å²) in [5, 5.41) is 10.4. The van der Waals surface area contributed by atoms with Crippen LogP contribution in [0.3, 0.4) is 0 Å². The Morgan fingerprint density at radius 2 is 2.00 bits per heavy atom. The molecule has 5 heteroatoms. The molecule has 0 aromatic heterocycles. The van der Waals surface area contributed by atoms with Gasteiger partial charge in [-0.1, -0.05) is 12.1 Å². The first-order valence-electron chi connectivity index (χ1n) is 4.25. The van der Waals surface area contributed by atoms with E-state index in [4.69, 9.17) is 5.73 Å². The normalized spacial score (nSPS) is 10.1. The second-order valence-electron chi connectivity index (χ2n) is 2.76. The Balaban J connectivity index is 2.51. The molecule has 76 valence electrons. The van der Waals surface area contributed by atoms with E-state index in [1.807, 2.05) is 0 Å². The van der Waals surface area contributed by atoms with Gasteiger partial charge in [0.1, 0.15) is 0 Å². The highest BCUT2D eigenvalue weighted by atomic mass is 32.2. The summed E-state index contributed by atoms with van der Waals surface area (Å²) in [4.78, 5) is 9.96. The largest absolute Gasteiger partial charge is 0.330 e. The Bertz CT molecular complexity index is 300. The highest BCUT2D eigenvalue weighted by Crippen LogP contribution is 2.16. The van der Waals surface area contributed by atoms with Crippen molar-refractivity contribution in [3.05, 3.63) is 39.9 Å². The molecule has 0 saturated carbocycles. The van der Waals surface area contributed by atoms with E-state index in [1.54, 1.807) is 23.9 Å². The van der Waals surface area contributed by atoms with Gasteiger partial charge < -0.3 is 5.73 Å². The highest BCUT2D eigenvalue weighted by Gasteiger charge is 2.03. The van der Waals surface area contributed by atoms with Gasteiger partial charge in [0.15, 0.2) is 0 Å². The van der Waals surface area contributed by atoms with Gasteiger partial charge in [0.2, 0.25) is 0 Å². The van der Waals surface area contributed by atoms with Crippen LogP contribution < -0.4 is 5.73 Å². The number of hydrogen-bond acceptors (Lipinski definition) is 4. The molecule has 0 atom stereocenters. The van der Waals surface area contributed by atoms with Crippen LogP contribution in [-0.2, 0) is 5.75 Å². The zero-order valence-electron chi connectivity index (χ0n) is 7.68. The minimum Gasteiger partial charge on any atom is -0.330 e. The lowest BCUT2D eigenvalue weighted by Crippen LogP contribution is -2.01. The maximum absolute atomic E-state index is 10.4. The smallest absolute Gasteiger partial charge is 0.269 e. The van der Waals surface area contributed by atoms with Crippen LogP contribution in [0.1, 0.15) is 5.56 Å². The fraction of sp³-hybridized carbons (Fsp3) is 0.333. The SMILES string of the molecule is NCCSCc1ccc([N+](=O)[O-])cc1. The molecule has 0 radical (unpaired) electrons. The highest BCUT2D eigenvalue weighted by molar-refractivity contribution is 7.98. The molecular weight excluding hydrogens is 200 g/mol. The number of nitro benzene ring substituents is 1. The number of benzene rings is 1. The van der Waals surface area contributed by atoms with Crippen molar-refractivity contribution in [1.29, 1.82) is 0 Å². The van der Waals surface area contributed by atoms with Crippen molar-refractivity contribution >= 4 is 17.4 Å². The second kappa shape index (κ2) is 5.62. The molecule has 0 aliphatic rings. The van der Waals surface area contributed by atoms with Gasteiger partial charge in [-0.15, -0.1) is 0 Å². The number of nitrogens with zero attached hydrogens (tertiary/aromatic N) is 1. The van der Waals surface area contributed by atoms with Crippen molar-refractivity contribution in [2.75, 3.05) is 12.3 Å². The fourth-order valence-corrected chi connectivity index (χ4v) is 1.73. The topological polar surface area (TPSA) is 69.2 Å². The Kier molecular flexibility index (Phi) is 4.42. The fourth-order valence-electron chi connectivity index (χ4n) is 0.987. The van der Waals surface area contributed by atoms with Crippen molar-refractivity contribution in [1.82, 2.24) is 0 Å². The molecule has 0 amide bonds. The van der Waals surface area contributed by atoms with Crippen molar-refractivity contribution in [3.63, 3.8) is 0 Å². The predicted octanol–water partition coefficient (Wildman–Crippen LogP) is 1.79. The molecule has 1 rings (SSSR count). The van der Waals surface area contributed by atoms with Crippen LogP contribution in [0.4, 0.5) is 5.69 Å². The molecule has 0 aliphatic carbocycles. The number of hydrogen-bond donors (Lipinski definition) is 1. The number of nitrogens with two attached hydrogens (primary N) is 1. The summed E-state index contributed by atoms with van der Waals surface area (Å²) in [5.74, 6) is 1.77. The summed E-state index contributed by atoms with van der Waals surface area (Å²) in [6.07, 6.45) is 0. The van der Waals surface area contributed by atoms with E-state index in [-0.39, 0.29) is 5.69 Å². The van der Waals surface area contributed by atoms with Gasteiger partial charge in [-0.3, -0.25) is 10.1 Å². The summed E-state index contributed by atoms with van der Waals surface area (Å²) in [6, 6.07) is 6.61. The van der Waals surface area contributed by atoms with Gasteiger partial charge in [-0.2, -0.15) is 11.8 Å². The lowest BCUT2D eigenvalue weighted by Gasteiger charge is -1.99. The second-order valence-corrected chi connectivity index (χ2v) is 3.87. The first-order valence-corrected chi connectivity index (χ1v) is 5.40. The average Bonchev–Trinajstić information content (AvgIpc) is 2.19. The molecule has 2 N–H and O–H groups in total. The van der Waals surface area contributed by atoms with Crippen LogP contribution in [0.25, 0.3) is 0 Å². The standard InChI is InChI=1S/C9H12N2O2S/c10-5-6-14-7-8-1-3-9(4-2-8)11(12)13/h1-4H,5-7,10H2. The van der Waals surface area contributed by atoms with Gasteiger partial charge in [0, 0.05) is 30.2 Å². The zero-order chi connectivity index (χ0) is 10.4. The Hall–Kier alpha value is -1.07. The first kappa shape index (κ1) is 11.0. The van der Waals surface area contributed by atoms with Crippen molar-refractivity contribution in [2.24, 2.45) is 5.73 Å². The van der Waals surface area contributed by atoms with Gasteiger partial charge in [0.05, 0.1) is 4.92 Å². The number of nitro groups is 1. The van der Waals surface area contributed by atoms with Gasteiger partial charge in [0.25, 0.3) is 5.69 Å². The van der Waals surface area contributed by atoms with E-state index < -0.39 is 4.92 Å². The third-order valence-corrected chi connectivity index (χ3v) is 2.74. The summed E-state index contributed by atoms with van der Waals surface area (Å²) < 4.78 is 0. The van der Waals surface area contributed by atoms with Crippen molar-refractivity contribution in [2.45, 2.75) is 5.75 Å². The number of non-ortho nitro benzene ring substituents is 1. The molecule has 0 spiro atoms. The summed E-state index contributed by atoms with van der Waals surface area (Å²) >= 11 is 1.73. The van der Waals surface area contributed by atoms with Crippen LogP contribution in [-0.4, -0.2) is 17.2 Å². The van der Waals surface area contributed by atoms with E-state index in [2.05, 4.69) is 0 Å². The quantitative estimate of drug-likeness (QED) is 0.459. The zero-order valence-corrected chi connectivity index (χ0v) is 8.50. The van der Waals surface area contributed by atoms with Crippen LogP contribution in [0.5, 0.6) is 0 Å². The molecule has 1 aromatic carbocycles. The maximum Gasteiger partial charge on any atom is 0.269 e. The number of rotatable bonds is 5. The van der Waals surface area contributed by atoms with E-state index in [0.717, 1.165) is 17.1 Å². The van der Waals surface area contributed by atoms with Gasteiger partial charge in [-0.25, -0.2) is 0 Å². The maximum atomic E-state index is 10.4. The minimum atomic E-state index is -0.392. The molecule has 0 unspecified atom stereocenters. The van der Waals surface area contributed by atoms with E-state index >= 15 is 0 Å². The van der Waals surface area contributed by atoms with Crippen molar-refractivity contribution in [3.8, 4) is 0 Å². The summed E-state index contributed by atoms with van der Waals surface area (Å²) in [7, 11) is 0. The third kappa shape index (κ3) is 3.35. The lowest BCUT2D eigenvalue weighted by molar-refractivity contribution is -0.384. The van der Waals surface area contributed by atoms with E-state index in [1.165, 1.54) is 12.1 Å². The average molecular weight is 212 g/mol. The summed E-state index contributed by atoms with van der Waals surface area (Å²) in [6.45, 7) is 0.664. The first-order chi connectivity index (χ1) is 6.74. The van der Waals surface area contributed by atoms with E-state index in [9.17, 15) is 10.1 Å². The summed E-state index contributed by atoms with van der Waals surface area (Å²) in [5.41, 5.74) is 6.57. The molecule has 0 heterocycles. The van der Waals surface area contributed by atoms with Gasteiger partial charge >= 0.3 is 0 Å². The van der Waals surface area contributed by atoms with Crippen LogP contribution in [0.15, 0.2) is 24.3 Å². The molecule has 0 aliphatic heterocycles. The Morgan fingerprint density at radius 3 is 2.50 bits per heavy atom. The Morgan fingerprint density at radius 1 is 1.36 bits per heavy atom. The molecule has 4 nitrogen and oxygen atoms in total. The molecule has 0 bridgehead atoms. The van der Waals surface area contributed by atoms with Gasteiger partial charge in [-0.05, 0) is 5.56 Å². The molecular formula is C9H12N2O2S. The number of thioether (sulfide) groups is 1. The third-order valence-electron chi connectivity index (χ3n) is 1.68. The van der Waals surface area contributed by atoms with Crippen molar-refractivity contribution < 1.29 is 4.92 Å². The monoisotopic (exact) mass is 212 g/mol. The molecule has 0 saturated heterocycles. The Labute approximate surface area is 86.6 Å². The van der Waals surface area contributed by atoms with Crippen LogP contribution in [0, 0.1) is 10.1 Å².